The maximum absolute atomic E-state index is 11.3. The molecule has 0 atom stereocenters. The predicted octanol–water partition coefficient (Wildman–Crippen LogP) is 2.61. The van der Waals surface area contributed by atoms with E-state index in [1.807, 2.05) is 0 Å². The van der Waals surface area contributed by atoms with Gasteiger partial charge in [0.1, 0.15) is 5.65 Å². The number of hydrogen-bond acceptors (Lipinski definition) is 7. The average molecular weight is 396 g/mol. The summed E-state index contributed by atoms with van der Waals surface area (Å²) in [5, 5.41) is 25.6. The molecule has 0 aliphatic carbocycles. The van der Waals surface area contributed by atoms with Crippen LogP contribution in [0.3, 0.4) is 0 Å². The van der Waals surface area contributed by atoms with Gasteiger partial charge in [-0.3, -0.25) is 29.5 Å². The summed E-state index contributed by atoms with van der Waals surface area (Å²) in [7, 11) is 0. The number of fused-ring (bicyclic) bond motifs is 1. The first kappa shape index (κ1) is 19.0. The summed E-state index contributed by atoms with van der Waals surface area (Å²) in [4.78, 5) is 28.3. The number of nitrogens with one attached hydrogen (secondary N) is 1. The molecular weight excluding hydrogens is 376 g/mol. The molecule has 10 heteroatoms. The predicted molar refractivity (Wildman–Crippen MR) is 107 cm³/mol. The number of nitro benzene ring substituents is 1. The van der Waals surface area contributed by atoms with Crippen LogP contribution in [0.2, 0.25) is 0 Å². The molecule has 3 aromatic rings. The summed E-state index contributed by atoms with van der Waals surface area (Å²) in [6, 6.07) is 9.29. The van der Waals surface area contributed by atoms with Gasteiger partial charge in [0.2, 0.25) is 0 Å². The number of hydrogen-bond donors (Lipinski definition) is 1. The molecule has 29 heavy (non-hydrogen) atoms. The molecule has 3 heterocycles. The highest BCUT2D eigenvalue weighted by molar-refractivity contribution is 5.68. The molecule has 1 aliphatic rings. The summed E-state index contributed by atoms with van der Waals surface area (Å²) in [5.74, 6) is 0. The number of aromatic nitrogens is 2. The first-order valence-electron chi connectivity index (χ1n) is 9.36. The van der Waals surface area contributed by atoms with Gasteiger partial charge in [0, 0.05) is 43.4 Å². The van der Waals surface area contributed by atoms with E-state index in [4.69, 9.17) is 0 Å². The maximum Gasteiger partial charge on any atom is 0.286 e. The summed E-state index contributed by atoms with van der Waals surface area (Å²) >= 11 is 0. The molecule has 10 nitrogen and oxygen atoms in total. The van der Waals surface area contributed by atoms with Gasteiger partial charge < -0.3 is 5.32 Å². The van der Waals surface area contributed by atoms with Crippen molar-refractivity contribution in [1.82, 2.24) is 19.6 Å². The number of rotatable bonds is 5. The molecule has 0 saturated carbocycles. The van der Waals surface area contributed by atoms with Gasteiger partial charge >= 0.3 is 0 Å². The minimum absolute atomic E-state index is 0.00768. The third kappa shape index (κ3) is 3.93. The van der Waals surface area contributed by atoms with Gasteiger partial charge in [-0.05, 0) is 37.7 Å². The van der Waals surface area contributed by atoms with E-state index in [9.17, 15) is 20.2 Å². The lowest BCUT2D eigenvalue weighted by atomic mass is 10.1. The van der Waals surface area contributed by atoms with Gasteiger partial charge in [-0.15, -0.1) is 0 Å². The Morgan fingerprint density at radius 2 is 1.69 bits per heavy atom. The summed E-state index contributed by atoms with van der Waals surface area (Å²) in [6.07, 6.45) is 2.51. The molecule has 1 aromatic carbocycles. The largest absolute Gasteiger partial charge is 0.315 e. The van der Waals surface area contributed by atoms with Crippen molar-refractivity contribution in [3.05, 3.63) is 68.5 Å². The van der Waals surface area contributed by atoms with E-state index in [0.717, 1.165) is 43.9 Å². The fraction of sp³-hybridized carbons (Fsp3) is 0.316. The van der Waals surface area contributed by atoms with E-state index in [0.29, 0.717) is 17.9 Å². The Labute approximate surface area is 166 Å². The lowest BCUT2D eigenvalue weighted by Crippen LogP contribution is -2.28. The Kier molecular flexibility index (Phi) is 5.19. The highest BCUT2D eigenvalue weighted by atomic mass is 16.6. The number of nitro groups is 2. The van der Waals surface area contributed by atoms with Crippen molar-refractivity contribution in [3.63, 3.8) is 0 Å². The zero-order valence-electron chi connectivity index (χ0n) is 15.7. The van der Waals surface area contributed by atoms with Crippen LogP contribution >= 0.6 is 0 Å². The molecule has 1 fully saturated rings. The number of benzene rings is 1. The van der Waals surface area contributed by atoms with Crippen LogP contribution < -0.4 is 5.32 Å². The molecule has 0 unspecified atom stereocenters. The van der Waals surface area contributed by atoms with Crippen LogP contribution in [0.25, 0.3) is 16.9 Å². The molecule has 1 aliphatic heterocycles. The van der Waals surface area contributed by atoms with Gasteiger partial charge in [-0.1, -0.05) is 0 Å². The van der Waals surface area contributed by atoms with Crippen molar-refractivity contribution >= 4 is 17.0 Å². The highest BCUT2D eigenvalue weighted by Crippen LogP contribution is 2.29. The van der Waals surface area contributed by atoms with E-state index < -0.39 is 9.85 Å². The third-order valence-corrected chi connectivity index (χ3v) is 5.07. The summed E-state index contributed by atoms with van der Waals surface area (Å²) in [6.45, 7) is 4.20. The van der Waals surface area contributed by atoms with Crippen LogP contribution in [0.4, 0.5) is 11.4 Å². The molecule has 2 aromatic heterocycles. The molecule has 1 saturated heterocycles. The molecule has 0 amide bonds. The van der Waals surface area contributed by atoms with E-state index in [1.165, 1.54) is 24.4 Å². The van der Waals surface area contributed by atoms with Crippen LogP contribution in [0.15, 0.2) is 42.6 Å². The number of non-ortho nitro benzene ring substituents is 1. The number of pyridine rings is 1. The SMILES string of the molecule is O=[N+]([O-])c1ccc(-c2nc3ccc([N+](=O)[O-])cn3c2CN2CCCNCC2)cc1. The first-order chi connectivity index (χ1) is 14.0. The van der Waals surface area contributed by atoms with Gasteiger partial charge in [-0.25, -0.2) is 4.98 Å². The van der Waals surface area contributed by atoms with Crippen molar-refractivity contribution in [2.45, 2.75) is 13.0 Å². The second-order valence-corrected chi connectivity index (χ2v) is 6.96. The standard InChI is InChI=1S/C19H20N6O4/c26-24(27)15-4-2-14(3-5-15)19-17(13-22-10-1-8-20-9-11-22)23-12-16(25(28)29)6-7-18(23)21-19/h2-7,12,20H,1,8-11,13H2. The van der Waals surface area contributed by atoms with Gasteiger partial charge in [0.15, 0.2) is 0 Å². The minimum Gasteiger partial charge on any atom is -0.315 e. The topological polar surface area (TPSA) is 119 Å². The lowest BCUT2D eigenvalue weighted by Gasteiger charge is -2.20. The van der Waals surface area contributed by atoms with Gasteiger partial charge in [0.25, 0.3) is 11.4 Å². The molecular formula is C19H20N6O4. The van der Waals surface area contributed by atoms with Crippen molar-refractivity contribution in [3.8, 4) is 11.3 Å². The molecule has 150 valence electrons. The van der Waals surface area contributed by atoms with E-state index in [1.54, 1.807) is 22.6 Å². The second kappa shape index (κ2) is 7.94. The number of imidazole rings is 1. The average Bonchev–Trinajstić information content (AvgIpc) is 2.87. The number of nitrogens with zero attached hydrogens (tertiary/aromatic N) is 5. The highest BCUT2D eigenvalue weighted by Gasteiger charge is 2.20. The Bertz CT molecular complexity index is 1050. The smallest absolute Gasteiger partial charge is 0.286 e. The fourth-order valence-electron chi connectivity index (χ4n) is 3.58. The Morgan fingerprint density at radius 1 is 0.966 bits per heavy atom. The van der Waals surface area contributed by atoms with Crippen LogP contribution in [-0.4, -0.2) is 50.3 Å². The lowest BCUT2D eigenvalue weighted by molar-refractivity contribution is -0.385. The van der Waals surface area contributed by atoms with E-state index in [-0.39, 0.29) is 11.4 Å². The Hall–Kier alpha value is -3.37. The quantitative estimate of drug-likeness (QED) is 0.520. The molecule has 4 rings (SSSR count). The van der Waals surface area contributed by atoms with Crippen LogP contribution in [0.5, 0.6) is 0 Å². The van der Waals surface area contributed by atoms with Crippen molar-refractivity contribution in [2.24, 2.45) is 0 Å². The summed E-state index contributed by atoms with van der Waals surface area (Å²) < 4.78 is 1.76. The molecule has 0 bridgehead atoms. The van der Waals surface area contributed by atoms with E-state index >= 15 is 0 Å². The second-order valence-electron chi connectivity index (χ2n) is 6.96. The minimum atomic E-state index is -0.443. The summed E-state index contributed by atoms with van der Waals surface area (Å²) in [5.41, 5.74) is 2.85. The van der Waals surface area contributed by atoms with Crippen molar-refractivity contribution in [1.29, 1.82) is 0 Å². The zero-order chi connectivity index (χ0) is 20.4. The maximum atomic E-state index is 11.3. The van der Waals surface area contributed by atoms with E-state index in [2.05, 4.69) is 15.2 Å². The monoisotopic (exact) mass is 396 g/mol. The normalized spacial score (nSPS) is 15.3. The van der Waals surface area contributed by atoms with Crippen LogP contribution in [-0.2, 0) is 6.54 Å². The first-order valence-corrected chi connectivity index (χ1v) is 9.36. The fourth-order valence-corrected chi connectivity index (χ4v) is 3.58. The zero-order valence-corrected chi connectivity index (χ0v) is 15.7. The molecule has 1 N–H and O–H groups in total. The van der Waals surface area contributed by atoms with Crippen LogP contribution in [0.1, 0.15) is 12.1 Å². The van der Waals surface area contributed by atoms with Crippen LogP contribution in [0, 0.1) is 20.2 Å². The molecule has 0 radical (unpaired) electrons. The van der Waals surface area contributed by atoms with Gasteiger partial charge in [0.05, 0.1) is 27.4 Å². The van der Waals surface area contributed by atoms with Crippen molar-refractivity contribution in [2.75, 3.05) is 26.2 Å². The third-order valence-electron chi connectivity index (χ3n) is 5.07. The Balaban J connectivity index is 1.81. The van der Waals surface area contributed by atoms with Crippen molar-refractivity contribution < 1.29 is 9.85 Å². The van der Waals surface area contributed by atoms with Gasteiger partial charge in [-0.2, -0.15) is 0 Å². The molecule has 0 spiro atoms. The Morgan fingerprint density at radius 3 is 2.41 bits per heavy atom.